The van der Waals surface area contributed by atoms with Gasteiger partial charge in [-0.25, -0.2) is 0 Å². The Morgan fingerprint density at radius 1 is 1.12 bits per heavy atom. The van der Waals surface area contributed by atoms with E-state index in [9.17, 15) is 5.11 Å². The minimum Gasteiger partial charge on any atom is -0.472 e. The molecule has 1 atom stereocenters. The second kappa shape index (κ2) is 8.93. The van der Waals surface area contributed by atoms with E-state index in [1.54, 1.807) is 18.3 Å². The molecule has 0 bridgehead atoms. The quantitative estimate of drug-likeness (QED) is 0.487. The van der Waals surface area contributed by atoms with Crippen molar-refractivity contribution in [3.05, 3.63) is 53.2 Å². The van der Waals surface area contributed by atoms with Crippen LogP contribution < -0.4 is 10.1 Å². The lowest BCUT2D eigenvalue weighted by molar-refractivity contribution is -0.0398. The lowest BCUT2D eigenvalue weighted by atomic mass is 9.89. The van der Waals surface area contributed by atoms with Crippen LogP contribution in [0.3, 0.4) is 0 Å². The number of aryl methyl sites for hydroxylation is 2. The second-order valence-corrected chi connectivity index (χ2v) is 8.53. The zero-order valence-corrected chi connectivity index (χ0v) is 18.2. The van der Waals surface area contributed by atoms with Crippen molar-refractivity contribution in [3.8, 4) is 17.1 Å². The first-order valence-corrected chi connectivity index (χ1v) is 11.0. The third kappa shape index (κ3) is 4.79. The predicted octanol–water partition coefficient (Wildman–Crippen LogP) is 3.01. The molecule has 2 N–H and O–H groups in total. The fourth-order valence-electron chi connectivity index (χ4n) is 3.69. The van der Waals surface area contributed by atoms with Crippen molar-refractivity contribution in [2.24, 2.45) is 0 Å². The Balaban J connectivity index is 1.15. The van der Waals surface area contributed by atoms with Gasteiger partial charge in [0.1, 0.15) is 30.0 Å². The molecule has 3 aromatic rings. The third-order valence-electron chi connectivity index (χ3n) is 5.87. The fraction of sp³-hybridized carbons (Fsp3) is 0.478. The SMILES string of the molecule is Cc1ccc(-c2noc(C)c2COc2ccc(C(O)NC3CC(OC4CC4)C3)nn2)cn1. The van der Waals surface area contributed by atoms with Crippen LogP contribution in [0.1, 0.15) is 54.6 Å². The van der Waals surface area contributed by atoms with E-state index in [4.69, 9.17) is 14.0 Å². The van der Waals surface area contributed by atoms with Gasteiger partial charge in [0.05, 0.1) is 17.8 Å². The van der Waals surface area contributed by atoms with E-state index in [2.05, 4.69) is 25.7 Å². The van der Waals surface area contributed by atoms with Gasteiger partial charge < -0.3 is 19.1 Å². The van der Waals surface area contributed by atoms with Gasteiger partial charge in [-0.3, -0.25) is 10.3 Å². The molecule has 5 rings (SSSR count). The topological polar surface area (TPSA) is 115 Å². The van der Waals surface area contributed by atoms with Gasteiger partial charge in [-0.05, 0) is 57.7 Å². The second-order valence-electron chi connectivity index (χ2n) is 8.53. The first kappa shape index (κ1) is 21.0. The molecule has 0 spiro atoms. The van der Waals surface area contributed by atoms with E-state index in [1.807, 2.05) is 26.0 Å². The maximum absolute atomic E-state index is 10.4. The molecule has 3 heterocycles. The summed E-state index contributed by atoms with van der Waals surface area (Å²) in [7, 11) is 0. The van der Waals surface area contributed by atoms with Crippen molar-refractivity contribution < 1.29 is 19.1 Å². The van der Waals surface area contributed by atoms with Gasteiger partial charge in [-0.1, -0.05) is 5.16 Å². The van der Waals surface area contributed by atoms with E-state index in [0.717, 1.165) is 29.7 Å². The first-order chi connectivity index (χ1) is 15.5. The molecule has 0 aliphatic heterocycles. The number of hydrogen-bond acceptors (Lipinski definition) is 9. The lowest BCUT2D eigenvalue weighted by Gasteiger charge is -2.37. The Kier molecular flexibility index (Phi) is 5.86. The number of aromatic nitrogens is 4. The van der Waals surface area contributed by atoms with E-state index in [0.29, 0.717) is 35.2 Å². The highest BCUT2D eigenvalue weighted by Crippen LogP contribution is 2.33. The highest BCUT2D eigenvalue weighted by Gasteiger charge is 2.36. The van der Waals surface area contributed by atoms with Gasteiger partial charge >= 0.3 is 0 Å². The van der Waals surface area contributed by atoms with E-state index >= 15 is 0 Å². The molecular formula is C23H27N5O4. The third-order valence-corrected chi connectivity index (χ3v) is 5.87. The highest BCUT2D eigenvalue weighted by molar-refractivity contribution is 5.62. The van der Waals surface area contributed by atoms with Crippen molar-refractivity contribution in [1.29, 1.82) is 0 Å². The molecule has 0 amide bonds. The largest absolute Gasteiger partial charge is 0.472 e. The molecule has 2 fully saturated rings. The molecule has 168 valence electrons. The van der Waals surface area contributed by atoms with Crippen LogP contribution >= 0.6 is 0 Å². The minimum atomic E-state index is -0.871. The number of nitrogens with zero attached hydrogens (tertiary/aromatic N) is 4. The summed E-state index contributed by atoms with van der Waals surface area (Å²) >= 11 is 0. The molecule has 3 aromatic heterocycles. The van der Waals surface area contributed by atoms with E-state index < -0.39 is 6.23 Å². The average Bonchev–Trinajstić information content (AvgIpc) is 3.52. The van der Waals surface area contributed by atoms with Gasteiger partial charge in [0.15, 0.2) is 0 Å². The summed E-state index contributed by atoms with van der Waals surface area (Å²) in [4.78, 5) is 4.32. The van der Waals surface area contributed by atoms with Crippen molar-refractivity contribution >= 4 is 0 Å². The Morgan fingerprint density at radius 2 is 1.97 bits per heavy atom. The number of pyridine rings is 1. The molecule has 2 saturated carbocycles. The number of ether oxygens (including phenoxy) is 2. The Bertz CT molecular complexity index is 1040. The molecule has 0 aromatic carbocycles. The summed E-state index contributed by atoms with van der Waals surface area (Å²) in [5, 5.41) is 25.9. The molecule has 9 heteroatoms. The van der Waals surface area contributed by atoms with Crippen LogP contribution in [0.15, 0.2) is 35.0 Å². The van der Waals surface area contributed by atoms with Crippen molar-refractivity contribution in [2.75, 3.05) is 0 Å². The van der Waals surface area contributed by atoms with Crippen LogP contribution in [0.5, 0.6) is 5.88 Å². The highest BCUT2D eigenvalue weighted by atomic mass is 16.5. The van der Waals surface area contributed by atoms with Crippen molar-refractivity contribution in [3.63, 3.8) is 0 Å². The standard InChI is InChI=1S/C23H27N5O4/c1-13-3-4-15(11-24-13)22-19(14(2)32-28-22)12-30-21-8-7-20(26-27-21)23(29)25-16-9-18(10-16)31-17-5-6-17/h3-4,7-8,11,16-18,23,25,29H,5-6,9-10,12H2,1-2H3. The molecule has 32 heavy (non-hydrogen) atoms. The van der Waals surface area contributed by atoms with Gasteiger partial charge in [-0.2, -0.15) is 0 Å². The Hall–Kier alpha value is -2.88. The van der Waals surface area contributed by atoms with Gasteiger partial charge in [0, 0.05) is 29.6 Å². The monoisotopic (exact) mass is 437 g/mol. The Labute approximate surface area is 186 Å². The number of hydrogen-bond donors (Lipinski definition) is 2. The maximum atomic E-state index is 10.4. The number of aliphatic hydroxyl groups is 1. The van der Waals surface area contributed by atoms with Crippen LogP contribution in [0, 0.1) is 13.8 Å². The summed E-state index contributed by atoms with van der Waals surface area (Å²) in [5.41, 5.74) is 3.78. The molecule has 1 unspecified atom stereocenters. The molecule has 2 aliphatic carbocycles. The summed E-state index contributed by atoms with van der Waals surface area (Å²) < 4.78 is 17.0. The number of rotatable bonds is 9. The van der Waals surface area contributed by atoms with Gasteiger partial charge in [0.2, 0.25) is 5.88 Å². The van der Waals surface area contributed by atoms with E-state index in [1.165, 1.54) is 12.8 Å². The zero-order chi connectivity index (χ0) is 22.1. The smallest absolute Gasteiger partial charge is 0.233 e. The number of nitrogens with one attached hydrogen (secondary N) is 1. The van der Waals surface area contributed by atoms with Crippen molar-refractivity contribution in [2.45, 2.75) is 70.6 Å². The van der Waals surface area contributed by atoms with Crippen LogP contribution in [0.25, 0.3) is 11.3 Å². The minimum absolute atomic E-state index is 0.234. The fourth-order valence-corrected chi connectivity index (χ4v) is 3.69. The normalized spacial score (nSPS) is 21.2. The summed E-state index contributed by atoms with van der Waals surface area (Å²) in [6.45, 7) is 4.01. The van der Waals surface area contributed by atoms with Gasteiger partial charge in [0.25, 0.3) is 0 Å². The zero-order valence-electron chi connectivity index (χ0n) is 18.2. The predicted molar refractivity (Wildman–Crippen MR) is 115 cm³/mol. The van der Waals surface area contributed by atoms with Crippen LogP contribution in [-0.4, -0.2) is 43.7 Å². The summed E-state index contributed by atoms with van der Waals surface area (Å²) in [6, 6.07) is 7.52. The molecule has 0 radical (unpaired) electrons. The summed E-state index contributed by atoms with van der Waals surface area (Å²) in [5.74, 6) is 1.03. The van der Waals surface area contributed by atoms with Crippen LogP contribution in [-0.2, 0) is 11.3 Å². The van der Waals surface area contributed by atoms with Crippen molar-refractivity contribution in [1.82, 2.24) is 25.7 Å². The average molecular weight is 438 g/mol. The molecular weight excluding hydrogens is 410 g/mol. The molecule has 9 nitrogen and oxygen atoms in total. The van der Waals surface area contributed by atoms with Crippen LogP contribution in [0.2, 0.25) is 0 Å². The number of aliphatic hydroxyl groups excluding tert-OH is 1. The van der Waals surface area contributed by atoms with Gasteiger partial charge in [-0.15, -0.1) is 10.2 Å². The first-order valence-electron chi connectivity index (χ1n) is 11.0. The molecule has 0 saturated heterocycles. The lowest BCUT2D eigenvalue weighted by Crippen LogP contribution is -2.47. The Morgan fingerprint density at radius 3 is 2.66 bits per heavy atom. The molecule has 2 aliphatic rings. The van der Waals surface area contributed by atoms with Crippen LogP contribution in [0.4, 0.5) is 0 Å². The van der Waals surface area contributed by atoms with E-state index in [-0.39, 0.29) is 12.6 Å². The summed E-state index contributed by atoms with van der Waals surface area (Å²) in [6.07, 6.45) is 5.88. The maximum Gasteiger partial charge on any atom is 0.233 e.